The van der Waals surface area contributed by atoms with E-state index in [4.69, 9.17) is 0 Å². The first-order valence-corrected chi connectivity index (χ1v) is 9.58. The molecule has 1 unspecified atom stereocenters. The standard InChI is InChI=1S/C19H25N3O2S/c1-13(2)17(25-19-20-11-15(12-23)21(19)3)18(24)22-10-6-8-14-7-4-5-9-16(14)22/h4-5,7,9,11,13,17,23H,6,8,10,12H2,1-3H3. The Morgan fingerprint density at radius 1 is 1.36 bits per heavy atom. The monoisotopic (exact) mass is 359 g/mol. The molecular formula is C19H25N3O2S. The van der Waals surface area contributed by atoms with Crippen LogP contribution in [0.5, 0.6) is 0 Å². The molecule has 134 valence electrons. The number of benzene rings is 1. The van der Waals surface area contributed by atoms with Crippen LogP contribution in [0.15, 0.2) is 35.6 Å². The minimum atomic E-state index is -0.209. The molecule has 2 aromatic rings. The lowest BCUT2D eigenvalue weighted by atomic mass is 10.0. The van der Waals surface area contributed by atoms with Crippen molar-refractivity contribution in [2.45, 2.75) is 43.7 Å². The third kappa shape index (κ3) is 3.60. The number of imidazole rings is 1. The van der Waals surface area contributed by atoms with E-state index in [9.17, 15) is 9.90 Å². The van der Waals surface area contributed by atoms with Crippen molar-refractivity contribution in [2.24, 2.45) is 13.0 Å². The maximum absolute atomic E-state index is 13.3. The molecule has 0 saturated heterocycles. The highest BCUT2D eigenvalue weighted by molar-refractivity contribution is 8.00. The Labute approximate surface area is 153 Å². The quantitative estimate of drug-likeness (QED) is 0.834. The molecule has 1 aliphatic heterocycles. The average Bonchev–Trinajstić information content (AvgIpc) is 2.98. The van der Waals surface area contributed by atoms with Crippen molar-refractivity contribution in [3.63, 3.8) is 0 Å². The van der Waals surface area contributed by atoms with Crippen LogP contribution in [0.4, 0.5) is 5.69 Å². The van der Waals surface area contributed by atoms with Crippen LogP contribution in [0.3, 0.4) is 0 Å². The van der Waals surface area contributed by atoms with Crippen LogP contribution >= 0.6 is 11.8 Å². The molecule has 5 nitrogen and oxygen atoms in total. The molecule has 1 aromatic heterocycles. The van der Waals surface area contributed by atoms with E-state index in [0.29, 0.717) is 0 Å². The second-order valence-corrected chi connectivity index (χ2v) is 7.86. The van der Waals surface area contributed by atoms with Gasteiger partial charge in [-0.05, 0) is 30.4 Å². The van der Waals surface area contributed by atoms with Crippen molar-refractivity contribution in [1.29, 1.82) is 0 Å². The number of hydrogen-bond acceptors (Lipinski definition) is 4. The number of aliphatic hydroxyl groups excluding tert-OH is 1. The SMILES string of the molecule is CC(C)C(Sc1ncc(CO)n1C)C(=O)N1CCCc2ccccc21. The van der Waals surface area contributed by atoms with Crippen LogP contribution in [0.25, 0.3) is 0 Å². The summed E-state index contributed by atoms with van der Waals surface area (Å²) in [4.78, 5) is 19.6. The Balaban J connectivity index is 1.86. The highest BCUT2D eigenvalue weighted by Gasteiger charge is 2.32. The summed E-state index contributed by atoms with van der Waals surface area (Å²) >= 11 is 1.49. The third-order valence-corrected chi connectivity index (χ3v) is 6.25. The third-order valence-electron chi connectivity index (χ3n) is 4.66. The van der Waals surface area contributed by atoms with Crippen molar-refractivity contribution < 1.29 is 9.90 Å². The normalized spacial score (nSPS) is 15.3. The summed E-state index contributed by atoms with van der Waals surface area (Å²) in [6.07, 6.45) is 3.69. The van der Waals surface area contributed by atoms with E-state index < -0.39 is 0 Å². The van der Waals surface area contributed by atoms with E-state index >= 15 is 0 Å². The Kier molecular flexibility index (Phi) is 5.49. The topological polar surface area (TPSA) is 58.4 Å². The van der Waals surface area contributed by atoms with Gasteiger partial charge in [-0.1, -0.05) is 43.8 Å². The first-order valence-electron chi connectivity index (χ1n) is 8.70. The lowest BCUT2D eigenvalue weighted by Gasteiger charge is -2.33. The highest BCUT2D eigenvalue weighted by atomic mass is 32.2. The van der Waals surface area contributed by atoms with Gasteiger partial charge in [0.25, 0.3) is 0 Å². The molecule has 1 amide bonds. The lowest BCUT2D eigenvalue weighted by molar-refractivity contribution is -0.118. The van der Waals surface area contributed by atoms with E-state index in [1.165, 1.54) is 17.3 Å². The number of aryl methyl sites for hydroxylation is 1. The summed E-state index contributed by atoms with van der Waals surface area (Å²) in [5.74, 6) is 0.321. The van der Waals surface area contributed by atoms with Crippen molar-refractivity contribution in [3.05, 3.63) is 41.7 Å². The number of carbonyl (C=O) groups excluding carboxylic acids is 1. The first-order chi connectivity index (χ1) is 12.0. The molecule has 0 radical (unpaired) electrons. The zero-order valence-corrected chi connectivity index (χ0v) is 15.8. The summed E-state index contributed by atoms with van der Waals surface area (Å²) in [7, 11) is 1.87. The fourth-order valence-electron chi connectivity index (χ4n) is 3.18. The van der Waals surface area contributed by atoms with Crippen LogP contribution in [0.1, 0.15) is 31.5 Å². The molecule has 3 rings (SSSR count). The smallest absolute Gasteiger partial charge is 0.240 e. The molecule has 0 saturated carbocycles. The number of para-hydroxylation sites is 1. The number of carbonyl (C=O) groups is 1. The lowest BCUT2D eigenvalue weighted by Crippen LogP contribution is -2.43. The van der Waals surface area contributed by atoms with Crippen LogP contribution in [0, 0.1) is 5.92 Å². The van der Waals surface area contributed by atoms with E-state index in [1.807, 2.05) is 34.7 Å². The van der Waals surface area contributed by atoms with Crippen molar-refractivity contribution >= 4 is 23.4 Å². The van der Waals surface area contributed by atoms with Gasteiger partial charge in [-0.25, -0.2) is 4.98 Å². The molecule has 1 aliphatic rings. The Hall–Kier alpha value is -1.79. The summed E-state index contributed by atoms with van der Waals surface area (Å²) < 4.78 is 1.86. The molecule has 1 N–H and O–H groups in total. The van der Waals surface area contributed by atoms with Gasteiger partial charge in [-0.3, -0.25) is 4.79 Å². The fourth-order valence-corrected chi connectivity index (χ4v) is 4.30. The van der Waals surface area contributed by atoms with Gasteiger partial charge in [0.15, 0.2) is 5.16 Å². The molecule has 0 fully saturated rings. The number of rotatable bonds is 5. The number of nitrogens with zero attached hydrogens (tertiary/aromatic N) is 3. The van der Waals surface area contributed by atoms with Gasteiger partial charge in [0.2, 0.25) is 5.91 Å². The van der Waals surface area contributed by atoms with Gasteiger partial charge in [0, 0.05) is 19.3 Å². The van der Waals surface area contributed by atoms with Gasteiger partial charge in [0.05, 0.1) is 23.7 Å². The molecule has 0 aliphatic carbocycles. The van der Waals surface area contributed by atoms with E-state index in [-0.39, 0.29) is 23.7 Å². The number of hydrogen-bond donors (Lipinski definition) is 1. The van der Waals surface area contributed by atoms with Crippen molar-refractivity contribution in [1.82, 2.24) is 9.55 Å². The second kappa shape index (κ2) is 7.62. The largest absolute Gasteiger partial charge is 0.390 e. The first kappa shape index (κ1) is 18.0. The van der Waals surface area contributed by atoms with Gasteiger partial charge in [0.1, 0.15) is 0 Å². The van der Waals surface area contributed by atoms with Gasteiger partial charge < -0.3 is 14.6 Å². The summed E-state index contributed by atoms with van der Waals surface area (Å²) in [6, 6.07) is 8.18. The van der Waals surface area contributed by atoms with E-state index in [0.717, 1.165) is 35.9 Å². The summed E-state index contributed by atoms with van der Waals surface area (Å²) in [5.41, 5.74) is 3.04. The molecule has 25 heavy (non-hydrogen) atoms. The molecule has 0 spiro atoms. The van der Waals surface area contributed by atoms with Crippen LogP contribution in [-0.2, 0) is 24.9 Å². The number of fused-ring (bicyclic) bond motifs is 1. The minimum Gasteiger partial charge on any atom is -0.390 e. The number of aromatic nitrogens is 2. The van der Waals surface area contributed by atoms with Gasteiger partial charge in [-0.2, -0.15) is 0 Å². The van der Waals surface area contributed by atoms with Crippen molar-refractivity contribution in [2.75, 3.05) is 11.4 Å². The number of anilines is 1. The average molecular weight is 359 g/mol. The molecule has 0 bridgehead atoms. The molecular weight excluding hydrogens is 334 g/mol. The van der Waals surface area contributed by atoms with Crippen LogP contribution in [-0.4, -0.2) is 32.4 Å². The zero-order chi connectivity index (χ0) is 18.0. The van der Waals surface area contributed by atoms with Gasteiger partial charge >= 0.3 is 0 Å². The maximum atomic E-state index is 13.3. The molecule has 6 heteroatoms. The minimum absolute atomic E-state index is 0.0517. The van der Waals surface area contributed by atoms with Gasteiger partial charge in [-0.15, -0.1) is 0 Å². The Morgan fingerprint density at radius 3 is 2.80 bits per heavy atom. The predicted octanol–water partition coefficient (Wildman–Crippen LogP) is 3.01. The van der Waals surface area contributed by atoms with E-state index in [1.54, 1.807) is 6.20 Å². The Bertz CT molecular complexity index is 757. The summed E-state index contributed by atoms with van der Waals surface area (Å²) in [5, 5.41) is 9.91. The number of aliphatic hydroxyl groups is 1. The highest BCUT2D eigenvalue weighted by Crippen LogP contribution is 2.33. The van der Waals surface area contributed by atoms with Crippen molar-refractivity contribution in [3.8, 4) is 0 Å². The second-order valence-electron chi connectivity index (χ2n) is 6.75. The Morgan fingerprint density at radius 2 is 2.12 bits per heavy atom. The summed E-state index contributed by atoms with van der Waals surface area (Å²) in [6.45, 7) is 4.86. The molecule has 1 aromatic carbocycles. The predicted molar refractivity (Wildman–Crippen MR) is 101 cm³/mol. The van der Waals surface area contributed by atoms with Crippen LogP contribution in [0.2, 0.25) is 0 Å². The number of thioether (sulfide) groups is 1. The number of amides is 1. The molecule has 2 heterocycles. The zero-order valence-electron chi connectivity index (χ0n) is 15.0. The van der Waals surface area contributed by atoms with E-state index in [2.05, 4.69) is 24.9 Å². The molecule has 1 atom stereocenters. The fraction of sp³-hybridized carbons (Fsp3) is 0.474. The van der Waals surface area contributed by atoms with Crippen LogP contribution < -0.4 is 4.90 Å². The maximum Gasteiger partial charge on any atom is 0.240 e.